The number of nitrogen functional groups attached to an aromatic ring is 1. The number of ether oxygens (including phenoxy) is 1. The average Bonchev–Trinajstić information content (AvgIpc) is 2.97. The SMILES string of the molecule is C[C@H](Oc1ncn(-c2ccccc2)n1)c1ccnc(N)n1. The zero-order valence-corrected chi connectivity index (χ0v) is 11.4. The number of nitrogens with two attached hydrogens (primary N) is 1. The zero-order chi connectivity index (χ0) is 14.7. The van der Waals surface area contributed by atoms with Crippen LogP contribution in [0.4, 0.5) is 5.95 Å². The summed E-state index contributed by atoms with van der Waals surface area (Å²) in [5.41, 5.74) is 7.15. The Labute approximate surface area is 121 Å². The first-order valence-electron chi connectivity index (χ1n) is 6.44. The van der Waals surface area contributed by atoms with E-state index in [2.05, 4.69) is 20.1 Å². The summed E-state index contributed by atoms with van der Waals surface area (Å²) in [6.07, 6.45) is 2.88. The topological polar surface area (TPSA) is 91.7 Å². The van der Waals surface area contributed by atoms with Gasteiger partial charge in [0.2, 0.25) is 5.95 Å². The largest absolute Gasteiger partial charge is 0.453 e. The summed E-state index contributed by atoms with van der Waals surface area (Å²) in [5.74, 6) is 0.214. The van der Waals surface area contributed by atoms with E-state index in [1.54, 1.807) is 23.3 Å². The smallest absolute Gasteiger partial charge is 0.336 e. The van der Waals surface area contributed by atoms with Gasteiger partial charge < -0.3 is 10.5 Å². The van der Waals surface area contributed by atoms with Crippen molar-refractivity contribution in [2.45, 2.75) is 13.0 Å². The van der Waals surface area contributed by atoms with Crippen LogP contribution in [-0.4, -0.2) is 24.7 Å². The highest BCUT2D eigenvalue weighted by Crippen LogP contribution is 2.17. The summed E-state index contributed by atoms with van der Waals surface area (Å²) in [6, 6.07) is 11.7. The van der Waals surface area contributed by atoms with Crippen LogP contribution in [0.15, 0.2) is 48.9 Å². The van der Waals surface area contributed by atoms with Crippen molar-refractivity contribution in [3.63, 3.8) is 0 Å². The Morgan fingerprint density at radius 1 is 1.14 bits per heavy atom. The molecular weight excluding hydrogens is 268 g/mol. The normalized spacial score (nSPS) is 12.0. The summed E-state index contributed by atoms with van der Waals surface area (Å²) in [5, 5.41) is 4.28. The predicted molar refractivity (Wildman–Crippen MR) is 76.8 cm³/mol. The van der Waals surface area contributed by atoms with Crippen molar-refractivity contribution in [3.05, 3.63) is 54.6 Å². The molecule has 0 aliphatic rings. The number of aromatic nitrogens is 5. The summed E-state index contributed by atoms with van der Waals surface area (Å²) in [4.78, 5) is 12.1. The standard InChI is InChI=1S/C14H14N6O/c1-10(12-7-8-16-13(15)18-12)21-14-17-9-20(19-14)11-5-3-2-4-6-11/h2-10H,1H3,(H2,15,16,18)/t10-/m0/s1. The fraction of sp³-hybridized carbons (Fsp3) is 0.143. The maximum Gasteiger partial charge on any atom is 0.336 e. The van der Waals surface area contributed by atoms with E-state index in [0.29, 0.717) is 5.69 Å². The van der Waals surface area contributed by atoms with Crippen molar-refractivity contribution in [1.82, 2.24) is 24.7 Å². The van der Waals surface area contributed by atoms with Gasteiger partial charge in [-0.2, -0.15) is 4.98 Å². The molecule has 3 rings (SSSR count). The Balaban J connectivity index is 1.75. The van der Waals surface area contributed by atoms with E-state index >= 15 is 0 Å². The number of hydrogen-bond donors (Lipinski definition) is 1. The summed E-state index contributed by atoms with van der Waals surface area (Å²) in [6.45, 7) is 1.85. The van der Waals surface area contributed by atoms with Crippen LogP contribution in [0.5, 0.6) is 6.01 Å². The third-order valence-electron chi connectivity index (χ3n) is 2.89. The van der Waals surface area contributed by atoms with Crippen LogP contribution in [0.2, 0.25) is 0 Å². The predicted octanol–water partition coefficient (Wildman–Crippen LogP) is 1.78. The first-order valence-corrected chi connectivity index (χ1v) is 6.44. The van der Waals surface area contributed by atoms with Gasteiger partial charge in [-0.1, -0.05) is 18.2 Å². The highest BCUT2D eigenvalue weighted by atomic mass is 16.5. The number of para-hydroxylation sites is 1. The van der Waals surface area contributed by atoms with Gasteiger partial charge in [0.1, 0.15) is 12.4 Å². The van der Waals surface area contributed by atoms with Gasteiger partial charge in [0, 0.05) is 6.20 Å². The molecule has 0 unspecified atom stereocenters. The van der Waals surface area contributed by atoms with Gasteiger partial charge in [-0.25, -0.2) is 14.6 Å². The lowest BCUT2D eigenvalue weighted by Gasteiger charge is -2.10. The van der Waals surface area contributed by atoms with E-state index < -0.39 is 0 Å². The maximum atomic E-state index is 5.67. The molecule has 106 valence electrons. The van der Waals surface area contributed by atoms with E-state index in [1.165, 1.54) is 0 Å². The van der Waals surface area contributed by atoms with Crippen LogP contribution in [0.3, 0.4) is 0 Å². The molecule has 3 aromatic rings. The summed E-state index contributed by atoms with van der Waals surface area (Å²) < 4.78 is 7.32. The Hall–Kier alpha value is -2.96. The van der Waals surface area contributed by atoms with Crippen molar-refractivity contribution in [2.24, 2.45) is 0 Å². The molecule has 2 N–H and O–H groups in total. The number of rotatable bonds is 4. The third-order valence-corrected chi connectivity index (χ3v) is 2.89. The molecule has 1 aromatic carbocycles. The van der Waals surface area contributed by atoms with Gasteiger partial charge in [-0.3, -0.25) is 0 Å². The van der Waals surface area contributed by atoms with Crippen LogP contribution >= 0.6 is 0 Å². The molecule has 0 fully saturated rings. The Morgan fingerprint density at radius 2 is 1.95 bits per heavy atom. The molecule has 0 bridgehead atoms. The van der Waals surface area contributed by atoms with E-state index in [0.717, 1.165) is 5.69 Å². The molecule has 2 heterocycles. The van der Waals surface area contributed by atoms with E-state index in [4.69, 9.17) is 10.5 Å². The van der Waals surface area contributed by atoms with Crippen molar-refractivity contribution >= 4 is 5.95 Å². The van der Waals surface area contributed by atoms with Crippen molar-refractivity contribution < 1.29 is 4.74 Å². The van der Waals surface area contributed by atoms with Gasteiger partial charge in [0.05, 0.1) is 11.4 Å². The Bertz CT molecular complexity index is 727. The first kappa shape index (κ1) is 13.0. The molecular formula is C14H14N6O. The van der Waals surface area contributed by atoms with E-state index in [-0.39, 0.29) is 18.1 Å². The number of nitrogens with zero attached hydrogens (tertiary/aromatic N) is 5. The highest BCUT2D eigenvalue weighted by molar-refractivity contribution is 5.29. The minimum absolute atomic E-state index is 0.214. The van der Waals surface area contributed by atoms with Crippen LogP contribution in [0.25, 0.3) is 5.69 Å². The Morgan fingerprint density at radius 3 is 2.71 bits per heavy atom. The molecule has 0 radical (unpaired) electrons. The molecule has 7 heteroatoms. The second kappa shape index (κ2) is 5.58. The van der Waals surface area contributed by atoms with Gasteiger partial charge in [-0.05, 0) is 25.1 Å². The van der Waals surface area contributed by atoms with Crippen molar-refractivity contribution in [3.8, 4) is 11.7 Å². The zero-order valence-electron chi connectivity index (χ0n) is 11.4. The molecule has 0 aliphatic heterocycles. The second-order valence-electron chi connectivity index (χ2n) is 4.41. The lowest BCUT2D eigenvalue weighted by molar-refractivity contribution is 0.203. The number of benzene rings is 1. The molecule has 0 aliphatic carbocycles. The molecule has 0 saturated heterocycles. The lowest BCUT2D eigenvalue weighted by atomic mass is 10.3. The van der Waals surface area contributed by atoms with Crippen LogP contribution in [-0.2, 0) is 0 Å². The van der Waals surface area contributed by atoms with Crippen LogP contribution < -0.4 is 10.5 Å². The van der Waals surface area contributed by atoms with Crippen LogP contribution in [0, 0.1) is 0 Å². The maximum absolute atomic E-state index is 5.67. The van der Waals surface area contributed by atoms with Crippen LogP contribution in [0.1, 0.15) is 18.7 Å². The minimum atomic E-state index is -0.318. The van der Waals surface area contributed by atoms with Gasteiger partial charge in [-0.15, -0.1) is 5.10 Å². The monoisotopic (exact) mass is 282 g/mol. The molecule has 0 amide bonds. The van der Waals surface area contributed by atoms with Gasteiger partial charge in [0.15, 0.2) is 0 Å². The van der Waals surface area contributed by atoms with E-state index in [9.17, 15) is 0 Å². The minimum Gasteiger partial charge on any atom is -0.453 e. The summed E-state index contributed by atoms with van der Waals surface area (Å²) in [7, 11) is 0. The van der Waals surface area contributed by atoms with E-state index in [1.807, 2.05) is 37.3 Å². The molecule has 1 atom stereocenters. The fourth-order valence-corrected chi connectivity index (χ4v) is 1.84. The molecule has 0 saturated carbocycles. The molecule has 7 nitrogen and oxygen atoms in total. The number of hydrogen-bond acceptors (Lipinski definition) is 6. The highest BCUT2D eigenvalue weighted by Gasteiger charge is 2.12. The molecule has 0 spiro atoms. The van der Waals surface area contributed by atoms with Gasteiger partial charge >= 0.3 is 6.01 Å². The first-order chi connectivity index (χ1) is 10.2. The summed E-state index contributed by atoms with van der Waals surface area (Å²) >= 11 is 0. The lowest BCUT2D eigenvalue weighted by Crippen LogP contribution is -2.08. The second-order valence-corrected chi connectivity index (χ2v) is 4.41. The quantitative estimate of drug-likeness (QED) is 0.784. The van der Waals surface area contributed by atoms with Crippen molar-refractivity contribution in [2.75, 3.05) is 5.73 Å². The fourth-order valence-electron chi connectivity index (χ4n) is 1.84. The Kier molecular flexibility index (Phi) is 3.46. The third kappa shape index (κ3) is 2.97. The average molecular weight is 282 g/mol. The number of anilines is 1. The van der Waals surface area contributed by atoms with Crippen molar-refractivity contribution in [1.29, 1.82) is 0 Å². The molecule has 2 aromatic heterocycles. The molecule has 21 heavy (non-hydrogen) atoms. The van der Waals surface area contributed by atoms with Gasteiger partial charge in [0.25, 0.3) is 0 Å².